The first kappa shape index (κ1) is 23.3. The number of carbonyl (C=O) groups excluding carboxylic acids is 4. The van der Waals surface area contributed by atoms with Crippen LogP contribution < -0.4 is 16.0 Å². The van der Waals surface area contributed by atoms with E-state index in [-0.39, 0.29) is 5.91 Å². The van der Waals surface area contributed by atoms with E-state index >= 15 is 0 Å². The highest BCUT2D eigenvalue weighted by Crippen LogP contribution is 2.12. The van der Waals surface area contributed by atoms with Gasteiger partial charge in [0.1, 0.15) is 18.4 Å². The zero-order valence-electron chi connectivity index (χ0n) is 16.4. The fourth-order valence-electron chi connectivity index (χ4n) is 2.64. The van der Waals surface area contributed by atoms with Gasteiger partial charge in [0.2, 0.25) is 11.8 Å². The Morgan fingerprint density at radius 3 is 2.34 bits per heavy atom. The molecule has 2 rings (SSSR count). The van der Waals surface area contributed by atoms with Crippen LogP contribution in [-0.2, 0) is 14.4 Å². The van der Waals surface area contributed by atoms with E-state index in [1.165, 1.54) is 0 Å². The molecule has 2 unspecified atom stereocenters. The Labute approximate surface area is 179 Å². The number of aldehydes is 1. The van der Waals surface area contributed by atoms with Gasteiger partial charge >= 0.3 is 0 Å². The molecule has 3 atom stereocenters. The molecule has 0 aromatic heterocycles. The van der Waals surface area contributed by atoms with E-state index in [1.54, 1.807) is 54.7 Å². The highest BCUT2D eigenvalue weighted by atomic mass is 32.2. The Balaban J connectivity index is 2.07. The topological polar surface area (TPSA) is 104 Å². The van der Waals surface area contributed by atoms with E-state index in [1.807, 2.05) is 6.07 Å². The molecule has 3 N–H and O–H groups in total. The summed E-state index contributed by atoms with van der Waals surface area (Å²) >= 11 is 3.23. The summed E-state index contributed by atoms with van der Waals surface area (Å²) < 4.78 is 0. The van der Waals surface area contributed by atoms with Crippen molar-refractivity contribution in [1.82, 2.24) is 16.0 Å². The Morgan fingerprint density at radius 1 is 1.03 bits per heavy atom. The van der Waals surface area contributed by atoms with Crippen LogP contribution in [0.25, 0.3) is 0 Å². The molecule has 9 heteroatoms. The lowest BCUT2D eigenvalue weighted by molar-refractivity contribution is -0.130. The lowest BCUT2D eigenvalue weighted by Crippen LogP contribution is -2.55. The Hall–Kier alpha value is -2.00. The predicted molar refractivity (Wildman–Crippen MR) is 117 cm³/mol. The molecule has 0 bridgehead atoms. The second-order valence-electron chi connectivity index (χ2n) is 6.73. The van der Waals surface area contributed by atoms with Gasteiger partial charge < -0.3 is 20.7 Å². The van der Waals surface area contributed by atoms with Crippen LogP contribution in [0.15, 0.2) is 30.3 Å². The maximum absolute atomic E-state index is 12.7. The molecule has 1 fully saturated rings. The Bertz CT molecular complexity index is 702. The summed E-state index contributed by atoms with van der Waals surface area (Å²) in [5.41, 5.74) is 0.470. The molecular formula is C20H27N3O4S2. The van der Waals surface area contributed by atoms with Crippen molar-refractivity contribution in [2.75, 3.05) is 23.0 Å². The van der Waals surface area contributed by atoms with Crippen LogP contribution in [0.4, 0.5) is 0 Å². The molecule has 1 heterocycles. The quantitative estimate of drug-likeness (QED) is 0.615. The first-order valence-corrected chi connectivity index (χ1v) is 11.9. The minimum absolute atomic E-state index is 0.334. The molecule has 7 nitrogen and oxygen atoms in total. The third-order valence-corrected chi connectivity index (χ3v) is 6.63. The number of carbonyl (C=O) groups is 4. The molecule has 0 radical (unpaired) electrons. The fraction of sp³-hybridized carbons (Fsp3) is 0.500. The summed E-state index contributed by atoms with van der Waals surface area (Å²) in [4.78, 5) is 48.8. The molecule has 0 saturated carbocycles. The SMILES string of the molecule is C[C@@H]1NC(=O)C(NC(=O)c2ccccc2)CSCCCCSCC(C=O)NC1=O. The van der Waals surface area contributed by atoms with E-state index in [2.05, 4.69) is 16.0 Å². The normalized spacial score (nSPS) is 24.9. The van der Waals surface area contributed by atoms with Gasteiger partial charge in [0.05, 0.1) is 6.04 Å². The summed E-state index contributed by atoms with van der Waals surface area (Å²) in [7, 11) is 0. The molecule has 1 aliphatic heterocycles. The van der Waals surface area contributed by atoms with Crippen LogP contribution >= 0.6 is 23.5 Å². The highest BCUT2D eigenvalue weighted by Gasteiger charge is 2.26. The number of amides is 3. The van der Waals surface area contributed by atoms with Crippen molar-refractivity contribution in [2.24, 2.45) is 0 Å². The van der Waals surface area contributed by atoms with Gasteiger partial charge in [-0.2, -0.15) is 23.5 Å². The standard InChI is InChI=1S/C20H27N3O4S2/c1-14-18(25)22-16(11-24)12-28-9-5-6-10-29-13-17(20(27)21-14)23-19(26)15-7-3-2-4-8-15/h2-4,7-8,11,14,16-17H,5-6,9-10,12-13H2,1H3,(H,21,27)(H,22,25)(H,23,26)/t14-,16?,17?/m0/s1. The molecular weight excluding hydrogens is 410 g/mol. The van der Waals surface area contributed by atoms with Gasteiger partial charge in [-0.3, -0.25) is 14.4 Å². The predicted octanol–water partition coefficient (Wildman–Crippen LogP) is 1.23. The molecule has 0 aliphatic carbocycles. The first-order valence-electron chi connectivity index (χ1n) is 9.58. The van der Waals surface area contributed by atoms with Crippen LogP contribution in [0.1, 0.15) is 30.1 Å². The summed E-state index contributed by atoms with van der Waals surface area (Å²) in [6, 6.07) is 6.53. The van der Waals surface area contributed by atoms with Crippen molar-refractivity contribution >= 4 is 47.5 Å². The van der Waals surface area contributed by atoms with Gasteiger partial charge in [0.15, 0.2) is 0 Å². The van der Waals surface area contributed by atoms with Crippen LogP contribution in [-0.4, -0.2) is 65.1 Å². The third-order valence-electron chi connectivity index (χ3n) is 4.31. The van der Waals surface area contributed by atoms with Crippen molar-refractivity contribution in [3.63, 3.8) is 0 Å². The minimum Gasteiger partial charge on any atom is -0.344 e. The molecule has 1 aromatic carbocycles. The van der Waals surface area contributed by atoms with E-state index < -0.39 is 29.9 Å². The maximum Gasteiger partial charge on any atom is 0.251 e. The van der Waals surface area contributed by atoms with E-state index in [0.717, 1.165) is 30.6 Å². The van der Waals surface area contributed by atoms with Gasteiger partial charge in [-0.05, 0) is 43.4 Å². The summed E-state index contributed by atoms with van der Waals surface area (Å²) in [5, 5.41) is 8.07. The summed E-state index contributed by atoms with van der Waals surface area (Å²) in [6.45, 7) is 1.56. The lowest BCUT2D eigenvalue weighted by Gasteiger charge is -2.22. The van der Waals surface area contributed by atoms with Gasteiger partial charge in [-0.25, -0.2) is 0 Å². The van der Waals surface area contributed by atoms with Crippen LogP contribution in [0.2, 0.25) is 0 Å². The number of rotatable bonds is 3. The summed E-state index contributed by atoms with van der Waals surface area (Å²) in [6.07, 6.45) is 2.68. The molecule has 1 aliphatic rings. The van der Waals surface area contributed by atoms with Gasteiger partial charge in [-0.1, -0.05) is 18.2 Å². The number of benzene rings is 1. The Kier molecular flexibility index (Phi) is 10.1. The van der Waals surface area contributed by atoms with Crippen molar-refractivity contribution in [3.8, 4) is 0 Å². The van der Waals surface area contributed by atoms with Crippen LogP contribution in [0.3, 0.4) is 0 Å². The molecule has 1 aromatic rings. The third kappa shape index (κ3) is 8.10. The molecule has 3 amide bonds. The van der Waals surface area contributed by atoms with Crippen molar-refractivity contribution in [2.45, 2.75) is 37.9 Å². The monoisotopic (exact) mass is 437 g/mol. The second kappa shape index (κ2) is 12.5. The molecule has 158 valence electrons. The first-order chi connectivity index (χ1) is 14.0. The van der Waals surface area contributed by atoms with Crippen LogP contribution in [0, 0.1) is 0 Å². The van der Waals surface area contributed by atoms with Gasteiger partial charge in [0, 0.05) is 17.1 Å². The van der Waals surface area contributed by atoms with E-state index in [9.17, 15) is 19.2 Å². The van der Waals surface area contributed by atoms with E-state index in [0.29, 0.717) is 17.1 Å². The zero-order chi connectivity index (χ0) is 21.1. The van der Waals surface area contributed by atoms with Crippen molar-refractivity contribution in [1.29, 1.82) is 0 Å². The Morgan fingerprint density at radius 2 is 1.69 bits per heavy atom. The highest BCUT2D eigenvalue weighted by molar-refractivity contribution is 7.99. The van der Waals surface area contributed by atoms with Crippen LogP contribution in [0.5, 0.6) is 0 Å². The number of nitrogens with one attached hydrogen (secondary N) is 3. The summed E-state index contributed by atoms with van der Waals surface area (Å²) in [5.74, 6) is 1.53. The lowest BCUT2D eigenvalue weighted by atomic mass is 10.2. The van der Waals surface area contributed by atoms with Crippen molar-refractivity contribution in [3.05, 3.63) is 35.9 Å². The maximum atomic E-state index is 12.7. The van der Waals surface area contributed by atoms with Gasteiger partial charge in [-0.15, -0.1) is 0 Å². The molecule has 29 heavy (non-hydrogen) atoms. The molecule has 1 saturated heterocycles. The zero-order valence-corrected chi connectivity index (χ0v) is 18.0. The number of hydrogen-bond acceptors (Lipinski definition) is 6. The average Bonchev–Trinajstić information content (AvgIpc) is 2.73. The molecule has 0 spiro atoms. The van der Waals surface area contributed by atoms with Crippen molar-refractivity contribution < 1.29 is 19.2 Å². The average molecular weight is 438 g/mol. The number of hydrogen-bond donors (Lipinski definition) is 3. The number of thioether (sulfide) groups is 2. The second-order valence-corrected chi connectivity index (χ2v) is 9.03. The van der Waals surface area contributed by atoms with E-state index in [4.69, 9.17) is 0 Å². The fourth-order valence-corrected chi connectivity index (χ4v) is 4.67. The smallest absolute Gasteiger partial charge is 0.251 e. The minimum atomic E-state index is -0.818. The largest absolute Gasteiger partial charge is 0.344 e. The van der Waals surface area contributed by atoms with Gasteiger partial charge in [0.25, 0.3) is 5.91 Å².